The van der Waals surface area contributed by atoms with E-state index in [9.17, 15) is 29.1 Å². The Labute approximate surface area is 234 Å². The zero-order chi connectivity index (χ0) is 29.5. The van der Waals surface area contributed by atoms with Crippen LogP contribution in [-0.2, 0) is 14.3 Å². The molecule has 216 valence electrons. The van der Waals surface area contributed by atoms with Crippen LogP contribution in [-0.4, -0.2) is 90.5 Å². The van der Waals surface area contributed by atoms with E-state index in [4.69, 9.17) is 4.74 Å². The molecule has 2 rings (SSSR count). The van der Waals surface area contributed by atoms with Crippen LogP contribution in [0, 0.1) is 0 Å². The number of Topliss-reactive ketones (excluding diaryl/α,β-unsaturated/α-hetero) is 2. The van der Waals surface area contributed by atoms with E-state index in [1.807, 2.05) is 12.1 Å². The molecule has 40 heavy (non-hydrogen) atoms. The Bertz CT molecular complexity index is 1070. The summed E-state index contributed by atoms with van der Waals surface area (Å²) in [4.78, 5) is 63.1. The van der Waals surface area contributed by atoms with Gasteiger partial charge < -0.3 is 30.7 Å². The predicted molar refractivity (Wildman–Crippen MR) is 149 cm³/mol. The molecule has 0 radical (unpaired) electrons. The van der Waals surface area contributed by atoms with E-state index in [0.29, 0.717) is 11.1 Å². The van der Waals surface area contributed by atoms with Crippen LogP contribution in [0.1, 0.15) is 47.9 Å². The number of rotatable bonds is 16. The first-order chi connectivity index (χ1) is 19.0. The SMILES string of the molecule is CC(C)(C)OC(=O)N[C@@H](CC(=O)N(CCNCC(=O)c1ccccc1)CCNCC(=O)c1ccccc1)C(=O)O. The number of carboxylic acid groups (broad SMARTS) is 1. The molecule has 2 aromatic rings. The molecule has 11 heteroatoms. The minimum absolute atomic E-state index is 0.0633. The van der Waals surface area contributed by atoms with Gasteiger partial charge >= 0.3 is 12.1 Å². The number of amides is 2. The Morgan fingerprint density at radius 3 is 1.65 bits per heavy atom. The van der Waals surface area contributed by atoms with Crippen molar-refractivity contribution in [1.82, 2.24) is 20.9 Å². The molecule has 0 saturated carbocycles. The van der Waals surface area contributed by atoms with Crippen LogP contribution in [0.2, 0.25) is 0 Å². The van der Waals surface area contributed by atoms with Gasteiger partial charge in [0.25, 0.3) is 0 Å². The zero-order valence-electron chi connectivity index (χ0n) is 23.1. The third-order valence-electron chi connectivity index (χ3n) is 5.60. The van der Waals surface area contributed by atoms with Gasteiger partial charge in [0.15, 0.2) is 11.6 Å². The lowest BCUT2D eigenvalue weighted by Crippen LogP contribution is -2.48. The number of nitrogens with one attached hydrogen (secondary N) is 3. The largest absolute Gasteiger partial charge is 0.480 e. The predicted octanol–water partition coefficient (Wildman–Crippen LogP) is 2.13. The second-order valence-electron chi connectivity index (χ2n) is 10.1. The minimum atomic E-state index is -1.50. The summed E-state index contributed by atoms with van der Waals surface area (Å²) in [5.41, 5.74) is 0.287. The quantitative estimate of drug-likeness (QED) is 0.180. The van der Waals surface area contributed by atoms with Crippen molar-refractivity contribution in [2.45, 2.75) is 38.8 Å². The standard InChI is InChI=1S/C29H38N4O7/c1-29(2,3)40-28(39)32-23(27(37)38)18-26(36)33(16-14-30-19-24(34)21-10-6-4-7-11-21)17-15-31-20-25(35)22-12-8-5-9-13-22/h4-13,23,30-31H,14-20H2,1-3H3,(H,32,39)(H,37,38)/t23-/m0/s1. The van der Waals surface area contributed by atoms with E-state index in [1.54, 1.807) is 69.3 Å². The third kappa shape index (κ3) is 12.2. The van der Waals surface area contributed by atoms with Gasteiger partial charge in [0.2, 0.25) is 5.91 Å². The van der Waals surface area contributed by atoms with Crippen molar-refractivity contribution in [2.24, 2.45) is 0 Å². The molecule has 0 fully saturated rings. The topological polar surface area (TPSA) is 154 Å². The van der Waals surface area contributed by atoms with Gasteiger partial charge in [0.05, 0.1) is 19.5 Å². The molecule has 2 amide bonds. The van der Waals surface area contributed by atoms with Gasteiger partial charge in [-0.25, -0.2) is 9.59 Å². The molecular weight excluding hydrogens is 516 g/mol. The van der Waals surface area contributed by atoms with E-state index < -0.39 is 36.0 Å². The Kier molecular flexibility index (Phi) is 12.9. The maximum absolute atomic E-state index is 13.1. The van der Waals surface area contributed by atoms with Crippen LogP contribution < -0.4 is 16.0 Å². The number of carboxylic acids is 1. The minimum Gasteiger partial charge on any atom is -0.480 e. The van der Waals surface area contributed by atoms with E-state index in [2.05, 4.69) is 16.0 Å². The third-order valence-corrected chi connectivity index (χ3v) is 5.60. The summed E-state index contributed by atoms with van der Waals surface area (Å²) in [6.45, 7) is 5.93. The first kappa shape index (κ1) is 32.1. The molecule has 0 bridgehead atoms. The van der Waals surface area contributed by atoms with Crippen LogP contribution >= 0.6 is 0 Å². The van der Waals surface area contributed by atoms with E-state index >= 15 is 0 Å². The number of carbonyl (C=O) groups excluding carboxylic acids is 4. The molecule has 2 aromatic carbocycles. The number of alkyl carbamates (subject to hydrolysis) is 1. The molecule has 4 N–H and O–H groups in total. The van der Waals surface area contributed by atoms with Gasteiger partial charge in [-0.15, -0.1) is 0 Å². The Morgan fingerprint density at radius 1 is 0.800 bits per heavy atom. The van der Waals surface area contributed by atoms with Crippen LogP contribution in [0.5, 0.6) is 0 Å². The summed E-state index contributed by atoms with van der Waals surface area (Å²) >= 11 is 0. The lowest BCUT2D eigenvalue weighted by molar-refractivity contribution is -0.143. The maximum atomic E-state index is 13.1. The molecule has 0 aliphatic rings. The number of nitrogens with zero attached hydrogens (tertiary/aromatic N) is 1. The summed E-state index contributed by atoms with van der Waals surface area (Å²) in [5.74, 6) is -2.10. The monoisotopic (exact) mass is 554 g/mol. The Balaban J connectivity index is 1.96. The number of ether oxygens (including phenoxy) is 1. The van der Waals surface area contributed by atoms with Crippen molar-refractivity contribution in [3.63, 3.8) is 0 Å². The van der Waals surface area contributed by atoms with E-state index in [1.165, 1.54) is 4.90 Å². The summed E-state index contributed by atoms with van der Waals surface area (Å²) in [6.07, 6.45) is -1.44. The zero-order valence-corrected chi connectivity index (χ0v) is 23.1. The fourth-order valence-electron chi connectivity index (χ4n) is 3.60. The van der Waals surface area contributed by atoms with Crippen LogP contribution in [0.25, 0.3) is 0 Å². The Hall–Kier alpha value is -4.09. The number of carbonyl (C=O) groups is 5. The highest BCUT2D eigenvalue weighted by Crippen LogP contribution is 2.08. The van der Waals surface area contributed by atoms with Gasteiger partial charge in [-0.1, -0.05) is 60.7 Å². The first-order valence-corrected chi connectivity index (χ1v) is 13.0. The normalized spacial score (nSPS) is 11.8. The van der Waals surface area contributed by atoms with Crippen molar-refractivity contribution in [3.05, 3.63) is 71.8 Å². The average Bonchev–Trinajstić information content (AvgIpc) is 2.91. The number of ketones is 2. The maximum Gasteiger partial charge on any atom is 0.408 e. The number of hydrogen-bond acceptors (Lipinski definition) is 8. The summed E-state index contributed by atoms with van der Waals surface area (Å²) < 4.78 is 5.11. The van der Waals surface area contributed by atoms with E-state index in [0.717, 1.165) is 0 Å². The molecule has 0 aliphatic carbocycles. The van der Waals surface area contributed by atoms with E-state index in [-0.39, 0.29) is 50.8 Å². The van der Waals surface area contributed by atoms with Crippen molar-refractivity contribution < 1.29 is 33.8 Å². The van der Waals surface area contributed by atoms with Crippen molar-refractivity contribution in [2.75, 3.05) is 39.3 Å². The van der Waals surface area contributed by atoms with Crippen molar-refractivity contribution in [1.29, 1.82) is 0 Å². The summed E-state index contributed by atoms with van der Waals surface area (Å²) in [6, 6.07) is 16.1. The number of aliphatic carboxylic acids is 1. The molecule has 0 aromatic heterocycles. The molecule has 11 nitrogen and oxygen atoms in total. The fourth-order valence-corrected chi connectivity index (χ4v) is 3.60. The lowest BCUT2D eigenvalue weighted by Gasteiger charge is -2.26. The van der Waals surface area contributed by atoms with Crippen molar-refractivity contribution >= 4 is 29.5 Å². The van der Waals surface area contributed by atoms with Crippen LogP contribution in [0.3, 0.4) is 0 Å². The average molecular weight is 555 g/mol. The highest BCUT2D eigenvalue weighted by atomic mass is 16.6. The molecule has 1 atom stereocenters. The first-order valence-electron chi connectivity index (χ1n) is 13.0. The second-order valence-corrected chi connectivity index (χ2v) is 10.1. The summed E-state index contributed by atoms with van der Waals surface area (Å²) in [7, 11) is 0. The van der Waals surface area contributed by atoms with Crippen LogP contribution in [0.15, 0.2) is 60.7 Å². The van der Waals surface area contributed by atoms with Gasteiger partial charge in [-0.05, 0) is 20.8 Å². The molecule has 0 unspecified atom stereocenters. The summed E-state index contributed by atoms with van der Waals surface area (Å²) in [5, 5.41) is 17.8. The number of benzene rings is 2. The van der Waals surface area contributed by atoms with Gasteiger partial charge in [-0.2, -0.15) is 0 Å². The van der Waals surface area contributed by atoms with Gasteiger partial charge in [-0.3, -0.25) is 14.4 Å². The molecule has 0 spiro atoms. The lowest BCUT2D eigenvalue weighted by atomic mass is 10.1. The second kappa shape index (κ2) is 16.1. The smallest absolute Gasteiger partial charge is 0.408 e. The molecular formula is C29H38N4O7. The fraction of sp³-hybridized carbons (Fsp3) is 0.414. The van der Waals surface area contributed by atoms with Crippen molar-refractivity contribution in [3.8, 4) is 0 Å². The molecule has 0 aliphatic heterocycles. The van der Waals surface area contributed by atoms with Crippen LogP contribution in [0.4, 0.5) is 4.79 Å². The van der Waals surface area contributed by atoms with Gasteiger partial charge in [0.1, 0.15) is 11.6 Å². The molecule has 0 saturated heterocycles. The Morgan fingerprint density at radius 2 is 1.25 bits per heavy atom. The van der Waals surface area contributed by atoms with Gasteiger partial charge in [0, 0.05) is 37.3 Å². The molecule has 0 heterocycles. The highest BCUT2D eigenvalue weighted by Gasteiger charge is 2.28. The number of hydrogen-bond donors (Lipinski definition) is 4. The highest BCUT2D eigenvalue weighted by molar-refractivity contribution is 5.98.